The Bertz CT molecular complexity index is 927. The van der Waals surface area contributed by atoms with E-state index in [1.54, 1.807) is 6.26 Å². The normalized spacial score (nSPS) is 21.5. The molecule has 2 aliphatic heterocycles. The van der Waals surface area contributed by atoms with Crippen molar-refractivity contribution in [3.05, 3.63) is 54.0 Å². The highest BCUT2D eigenvalue weighted by molar-refractivity contribution is 5.85. The number of halogens is 1. The van der Waals surface area contributed by atoms with E-state index in [0.717, 1.165) is 64.8 Å². The van der Waals surface area contributed by atoms with Crippen LogP contribution >= 0.6 is 12.4 Å². The molecule has 1 aliphatic carbocycles. The van der Waals surface area contributed by atoms with Crippen LogP contribution in [0.15, 0.2) is 47.1 Å². The van der Waals surface area contributed by atoms with E-state index in [9.17, 15) is 0 Å². The van der Waals surface area contributed by atoms with Crippen LogP contribution in [0.3, 0.4) is 0 Å². The standard InChI is InChI=1S/C27H37N3O2.ClH/c1-27(2)9-7-22(8-10-27)25-20-23(29-15-18-31-19-16-29)5-6-26(25)30-13-11-28(12-14-30)21-24-4-3-17-32-24;/h3-7,17,20H,8-16,18-19,21H2,1-2H3;1H. The lowest BCUT2D eigenvalue weighted by atomic mass is 9.76. The van der Waals surface area contributed by atoms with E-state index in [4.69, 9.17) is 9.15 Å². The Morgan fingerprint density at radius 3 is 2.39 bits per heavy atom. The molecule has 1 aromatic carbocycles. The number of ether oxygens (including phenoxy) is 1. The summed E-state index contributed by atoms with van der Waals surface area (Å²) in [5.41, 5.74) is 6.15. The second kappa shape index (κ2) is 10.5. The Kier molecular flexibility index (Phi) is 7.72. The van der Waals surface area contributed by atoms with Gasteiger partial charge in [-0.3, -0.25) is 4.90 Å². The van der Waals surface area contributed by atoms with Crippen LogP contribution in [0, 0.1) is 5.41 Å². The van der Waals surface area contributed by atoms with Gasteiger partial charge in [0.1, 0.15) is 5.76 Å². The molecule has 5 rings (SSSR count). The van der Waals surface area contributed by atoms with Crippen molar-refractivity contribution < 1.29 is 9.15 Å². The molecule has 3 aliphatic rings. The number of nitrogens with zero attached hydrogens (tertiary/aromatic N) is 3. The minimum atomic E-state index is 0. The first-order chi connectivity index (χ1) is 15.6. The van der Waals surface area contributed by atoms with Gasteiger partial charge in [0.15, 0.2) is 0 Å². The summed E-state index contributed by atoms with van der Waals surface area (Å²) >= 11 is 0. The van der Waals surface area contributed by atoms with Crippen molar-refractivity contribution in [1.29, 1.82) is 0 Å². The smallest absolute Gasteiger partial charge is 0.117 e. The van der Waals surface area contributed by atoms with Crippen molar-refractivity contribution >= 4 is 29.4 Å². The fraction of sp³-hybridized carbons (Fsp3) is 0.556. The largest absolute Gasteiger partial charge is 0.468 e. The fourth-order valence-corrected chi connectivity index (χ4v) is 5.17. The first kappa shape index (κ1) is 24.2. The van der Waals surface area contributed by atoms with Crippen LogP contribution in [0.4, 0.5) is 11.4 Å². The molecule has 0 radical (unpaired) electrons. The van der Waals surface area contributed by atoms with Gasteiger partial charge in [-0.25, -0.2) is 0 Å². The van der Waals surface area contributed by atoms with Gasteiger partial charge in [-0.15, -0.1) is 12.4 Å². The number of morpholine rings is 1. The average molecular weight is 472 g/mol. The number of rotatable bonds is 5. The van der Waals surface area contributed by atoms with E-state index in [1.807, 2.05) is 6.07 Å². The summed E-state index contributed by atoms with van der Waals surface area (Å²) < 4.78 is 11.1. The van der Waals surface area contributed by atoms with Crippen LogP contribution in [0.5, 0.6) is 0 Å². The minimum absolute atomic E-state index is 0. The maximum Gasteiger partial charge on any atom is 0.117 e. The van der Waals surface area contributed by atoms with Crippen LogP contribution in [0.25, 0.3) is 5.57 Å². The van der Waals surface area contributed by atoms with Crippen molar-refractivity contribution in [2.24, 2.45) is 5.41 Å². The molecule has 0 atom stereocenters. The molecule has 2 aromatic rings. The zero-order valence-corrected chi connectivity index (χ0v) is 20.9. The molecule has 6 heteroatoms. The number of furan rings is 1. The highest BCUT2D eigenvalue weighted by Crippen LogP contribution is 2.42. The van der Waals surface area contributed by atoms with Crippen LogP contribution in [0.1, 0.15) is 44.4 Å². The summed E-state index contributed by atoms with van der Waals surface area (Å²) in [4.78, 5) is 7.57. The quantitative estimate of drug-likeness (QED) is 0.578. The Hall–Kier alpha value is -1.95. The fourth-order valence-electron chi connectivity index (χ4n) is 5.17. The number of hydrogen-bond donors (Lipinski definition) is 0. The van der Waals surface area contributed by atoms with Gasteiger partial charge in [0.25, 0.3) is 0 Å². The van der Waals surface area contributed by atoms with E-state index >= 15 is 0 Å². The second-order valence-electron chi connectivity index (χ2n) is 10.2. The summed E-state index contributed by atoms with van der Waals surface area (Å²) in [6, 6.07) is 11.2. The molecule has 1 aromatic heterocycles. The minimum Gasteiger partial charge on any atom is -0.468 e. The van der Waals surface area contributed by atoms with Gasteiger partial charge in [-0.1, -0.05) is 19.9 Å². The molecule has 0 spiro atoms. The Morgan fingerprint density at radius 1 is 0.939 bits per heavy atom. The summed E-state index contributed by atoms with van der Waals surface area (Å²) in [7, 11) is 0. The molecule has 2 fully saturated rings. The van der Waals surface area contributed by atoms with Gasteiger partial charge >= 0.3 is 0 Å². The van der Waals surface area contributed by atoms with E-state index in [2.05, 4.69) is 58.9 Å². The Morgan fingerprint density at radius 2 is 1.73 bits per heavy atom. The molecule has 3 heterocycles. The first-order valence-corrected chi connectivity index (χ1v) is 12.2. The lowest BCUT2D eigenvalue weighted by molar-refractivity contribution is 0.122. The van der Waals surface area contributed by atoms with Gasteiger partial charge in [-0.05, 0) is 60.6 Å². The summed E-state index contributed by atoms with van der Waals surface area (Å²) in [6.07, 6.45) is 7.88. The zero-order valence-electron chi connectivity index (χ0n) is 20.1. The summed E-state index contributed by atoms with van der Waals surface area (Å²) in [5.74, 6) is 1.06. The van der Waals surface area contributed by atoms with Crippen molar-refractivity contribution in [1.82, 2.24) is 4.90 Å². The van der Waals surface area contributed by atoms with Crippen molar-refractivity contribution in [3.63, 3.8) is 0 Å². The molecule has 2 saturated heterocycles. The Balaban J connectivity index is 0.00000259. The van der Waals surface area contributed by atoms with Crippen LogP contribution in [-0.4, -0.2) is 57.4 Å². The predicted molar refractivity (Wildman–Crippen MR) is 139 cm³/mol. The predicted octanol–water partition coefficient (Wildman–Crippen LogP) is 5.45. The molecule has 5 nitrogen and oxygen atoms in total. The van der Waals surface area contributed by atoms with E-state index in [0.29, 0.717) is 5.41 Å². The lowest BCUT2D eigenvalue weighted by Crippen LogP contribution is -2.46. The topological polar surface area (TPSA) is 32.1 Å². The van der Waals surface area contributed by atoms with Crippen LogP contribution < -0.4 is 9.80 Å². The summed E-state index contributed by atoms with van der Waals surface area (Å²) in [5, 5.41) is 0. The highest BCUT2D eigenvalue weighted by atomic mass is 35.5. The molecule has 0 amide bonds. The maximum atomic E-state index is 5.58. The Labute approximate surface area is 204 Å². The van der Waals surface area contributed by atoms with Gasteiger partial charge in [0, 0.05) is 56.2 Å². The molecule has 180 valence electrons. The number of allylic oxidation sites excluding steroid dienone is 2. The lowest BCUT2D eigenvalue weighted by Gasteiger charge is -2.38. The van der Waals surface area contributed by atoms with Crippen molar-refractivity contribution in [2.75, 3.05) is 62.3 Å². The molecular weight excluding hydrogens is 434 g/mol. The first-order valence-electron chi connectivity index (χ1n) is 12.2. The second-order valence-corrected chi connectivity index (χ2v) is 10.2. The monoisotopic (exact) mass is 471 g/mol. The van der Waals surface area contributed by atoms with Crippen LogP contribution in [0.2, 0.25) is 0 Å². The molecule has 0 N–H and O–H groups in total. The van der Waals surface area contributed by atoms with Gasteiger partial charge < -0.3 is 19.0 Å². The van der Waals surface area contributed by atoms with Gasteiger partial charge in [-0.2, -0.15) is 0 Å². The third-order valence-electron chi connectivity index (χ3n) is 7.35. The van der Waals surface area contributed by atoms with Gasteiger partial charge in [0.05, 0.1) is 26.0 Å². The van der Waals surface area contributed by atoms with Crippen LogP contribution in [-0.2, 0) is 11.3 Å². The maximum absolute atomic E-state index is 5.58. The number of benzene rings is 1. The third-order valence-corrected chi connectivity index (χ3v) is 7.35. The van der Waals surface area contributed by atoms with E-state index < -0.39 is 0 Å². The third kappa shape index (κ3) is 5.76. The van der Waals surface area contributed by atoms with Crippen molar-refractivity contribution in [3.8, 4) is 0 Å². The molecule has 0 saturated carbocycles. The van der Waals surface area contributed by atoms with E-state index in [-0.39, 0.29) is 12.4 Å². The highest BCUT2D eigenvalue weighted by Gasteiger charge is 2.26. The number of anilines is 2. The van der Waals surface area contributed by atoms with Crippen molar-refractivity contribution in [2.45, 2.75) is 39.7 Å². The average Bonchev–Trinajstić information content (AvgIpc) is 3.33. The van der Waals surface area contributed by atoms with E-state index in [1.165, 1.54) is 41.8 Å². The molecule has 0 unspecified atom stereocenters. The summed E-state index contributed by atoms with van der Waals surface area (Å²) in [6.45, 7) is 13.6. The van der Waals surface area contributed by atoms with Gasteiger partial charge in [0.2, 0.25) is 0 Å². The number of piperazine rings is 1. The number of hydrogen-bond acceptors (Lipinski definition) is 5. The molecular formula is C27H38ClN3O2. The SMILES string of the molecule is CC1(C)CC=C(c2cc(N3CCOCC3)ccc2N2CCN(Cc3ccco3)CC2)CC1.Cl. The molecule has 33 heavy (non-hydrogen) atoms. The zero-order chi connectivity index (χ0) is 22.0. The molecule has 0 bridgehead atoms.